The maximum atomic E-state index is 9.71. The van der Waals surface area contributed by atoms with Crippen LogP contribution in [0.15, 0.2) is 53.9 Å². The summed E-state index contributed by atoms with van der Waals surface area (Å²) in [4.78, 5) is 9.14. The molecule has 6 heteroatoms. The van der Waals surface area contributed by atoms with Crippen LogP contribution in [-0.4, -0.2) is 17.1 Å². The van der Waals surface area contributed by atoms with E-state index in [-0.39, 0.29) is 0 Å². The summed E-state index contributed by atoms with van der Waals surface area (Å²) in [5, 5.41) is 13.6. The number of hydrogen-bond donors (Lipinski definition) is 0. The van der Waals surface area contributed by atoms with Gasteiger partial charge in [-0.05, 0) is 48.9 Å². The topological polar surface area (TPSA) is 58.8 Å². The second-order valence-electron chi connectivity index (χ2n) is 6.45. The molecule has 4 rings (SSSR count). The first-order chi connectivity index (χ1) is 14.1. The summed E-state index contributed by atoms with van der Waals surface area (Å²) in [5.74, 6) is 0.787. The minimum Gasteiger partial charge on any atom is -0.497 e. The number of thiazole rings is 1. The quantitative estimate of drug-likeness (QED) is 0.285. The highest BCUT2D eigenvalue weighted by Crippen LogP contribution is 2.30. The zero-order chi connectivity index (χ0) is 20.4. The standard InChI is InChI=1S/C23H16ClN3OS/c1-14-4-3-5-16-10-17(22(24)27-21(14)16)11-18(12-25)23-26-20(13-29-23)15-6-8-19(28-2)9-7-15/h3-11,13H,1-2H3/b18-11+. The molecule has 0 fully saturated rings. The second-order valence-corrected chi connectivity index (χ2v) is 7.67. The van der Waals surface area contributed by atoms with Gasteiger partial charge in [0.1, 0.15) is 22.0 Å². The van der Waals surface area contributed by atoms with Gasteiger partial charge in [-0.25, -0.2) is 9.97 Å². The van der Waals surface area contributed by atoms with Crippen LogP contribution in [0, 0.1) is 18.3 Å². The van der Waals surface area contributed by atoms with Gasteiger partial charge in [-0.15, -0.1) is 11.3 Å². The van der Waals surface area contributed by atoms with Gasteiger partial charge < -0.3 is 4.74 Å². The first-order valence-corrected chi connectivity index (χ1v) is 10.1. The highest BCUT2D eigenvalue weighted by molar-refractivity contribution is 7.11. The zero-order valence-electron chi connectivity index (χ0n) is 15.8. The fraction of sp³-hybridized carbons (Fsp3) is 0.0870. The molecule has 0 bridgehead atoms. The number of halogens is 1. The van der Waals surface area contributed by atoms with E-state index in [9.17, 15) is 5.26 Å². The van der Waals surface area contributed by atoms with Crippen molar-refractivity contribution in [3.8, 4) is 23.1 Å². The SMILES string of the molecule is COc1ccc(-c2csc(/C(C#N)=C/c3cc4cccc(C)c4nc3Cl)n2)cc1. The van der Waals surface area contributed by atoms with Crippen LogP contribution in [-0.2, 0) is 0 Å². The number of para-hydroxylation sites is 1. The van der Waals surface area contributed by atoms with E-state index in [2.05, 4.69) is 16.0 Å². The summed E-state index contributed by atoms with van der Waals surface area (Å²) in [7, 11) is 1.63. The maximum absolute atomic E-state index is 9.71. The van der Waals surface area contributed by atoms with E-state index >= 15 is 0 Å². The Morgan fingerprint density at radius 1 is 1.17 bits per heavy atom. The van der Waals surface area contributed by atoms with Crippen molar-refractivity contribution < 1.29 is 4.74 Å². The van der Waals surface area contributed by atoms with E-state index in [0.717, 1.165) is 33.5 Å². The number of rotatable bonds is 4. The Hall–Kier alpha value is -3.20. The highest BCUT2D eigenvalue weighted by atomic mass is 35.5. The Morgan fingerprint density at radius 2 is 1.97 bits per heavy atom. The van der Waals surface area contributed by atoms with Crippen LogP contribution >= 0.6 is 22.9 Å². The number of nitriles is 1. The number of hydrogen-bond acceptors (Lipinski definition) is 5. The lowest BCUT2D eigenvalue weighted by molar-refractivity contribution is 0.415. The molecule has 142 valence electrons. The summed E-state index contributed by atoms with van der Waals surface area (Å²) >= 11 is 7.82. The number of aryl methyl sites for hydroxylation is 1. The van der Waals surface area contributed by atoms with Crippen molar-refractivity contribution in [3.05, 3.63) is 75.2 Å². The molecule has 0 unspecified atom stereocenters. The molecule has 2 aromatic carbocycles. The molecular formula is C23H16ClN3OS. The van der Waals surface area contributed by atoms with Gasteiger partial charge in [0.2, 0.25) is 0 Å². The number of ether oxygens (including phenoxy) is 1. The molecule has 0 amide bonds. The van der Waals surface area contributed by atoms with Crippen LogP contribution in [0.1, 0.15) is 16.1 Å². The van der Waals surface area contributed by atoms with Gasteiger partial charge >= 0.3 is 0 Å². The molecule has 0 saturated heterocycles. The molecule has 29 heavy (non-hydrogen) atoms. The molecule has 4 nitrogen and oxygen atoms in total. The van der Waals surface area contributed by atoms with Gasteiger partial charge in [0.05, 0.1) is 23.9 Å². The smallest absolute Gasteiger partial charge is 0.137 e. The van der Waals surface area contributed by atoms with Gasteiger partial charge in [0.25, 0.3) is 0 Å². The first kappa shape index (κ1) is 19.1. The van der Waals surface area contributed by atoms with Gasteiger partial charge in [0.15, 0.2) is 0 Å². The number of allylic oxidation sites excluding steroid dienone is 1. The fourth-order valence-corrected chi connectivity index (χ4v) is 4.02. The normalized spacial score (nSPS) is 11.4. The molecule has 0 atom stereocenters. The number of nitrogens with zero attached hydrogens (tertiary/aromatic N) is 3. The number of pyridine rings is 1. The molecule has 0 N–H and O–H groups in total. The lowest BCUT2D eigenvalue weighted by Gasteiger charge is -2.05. The van der Waals surface area contributed by atoms with Gasteiger partial charge in [-0.1, -0.05) is 29.8 Å². The second kappa shape index (κ2) is 8.04. The molecule has 4 aromatic rings. The molecule has 0 aliphatic rings. The Kier molecular flexibility index (Phi) is 5.30. The van der Waals surface area contributed by atoms with Crippen molar-refractivity contribution in [1.29, 1.82) is 5.26 Å². The van der Waals surface area contributed by atoms with E-state index in [1.54, 1.807) is 13.2 Å². The van der Waals surface area contributed by atoms with E-state index < -0.39 is 0 Å². The van der Waals surface area contributed by atoms with Crippen molar-refractivity contribution in [2.75, 3.05) is 7.11 Å². The Morgan fingerprint density at radius 3 is 2.69 bits per heavy atom. The first-order valence-electron chi connectivity index (χ1n) is 8.87. The van der Waals surface area contributed by atoms with Crippen molar-refractivity contribution in [2.45, 2.75) is 6.92 Å². The number of aromatic nitrogens is 2. The highest BCUT2D eigenvalue weighted by Gasteiger charge is 2.12. The lowest BCUT2D eigenvalue weighted by atomic mass is 10.1. The minimum absolute atomic E-state index is 0.367. The third-order valence-electron chi connectivity index (χ3n) is 4.57. The van der Waals surface area contributed by atoms with Crippen LogP contribution < -0.4 is 4.74 Å². The predicted octanol–water partition coefficient (Wildman–Crippen LogP) is 6.39. The summed E-state index contributed by atoms with van der Waals surface area (Å²) < 4.78 is 5.19. The number of methoxy groups -OCH3 is 1. The van der Waals surface area contributed by atoms with Gasteiger partial charge in [0, 0.05) is 21.9 Å². The van der Waals surface area contributed by atoms with Crippen molar-refractivity contribution in [2.24, 2.45) is 0 Å². The van der Waals surface area contributed by atoms with E-state index in [0.29, 0.717) is 21.3 Å². The summed E-state index contributed by atoms with van der Waals surface area (Å²) in [6.45, 7) is 2.00. The van der Waals surface area contributed by atoms with Gasteiger partial charge in [-0.3, -0.25) is 0 Å². The molecule has 2 heterocycles. The van der Waals surface area contributed by atoms with E-state index in [4.69, 9.17) is 16.3 Å². The van der Waals surface area contributed by atoms with Crippen LogP contribution in [0.3, 0.4) is 0 Å². The third-order valence-corrected chi connectivity index (χ3v) is 5.75. The third kappa shape index (κ3) is 3.86. The number of fused-ring (bicyclic) bond motifs is 1. The summed E-state index contributed by atoms with van der Waals surface area (Å²) in [6.07, 6.45) is 1.74. The minimum atomic E-state index is 0.367. The molecule has 0 saturated carbocycles. The molecule has 0 aliphatic carbocycles. The molecule has 0 aliphatic heterocycles. The Labute approximate surface area is 177 Å². The monoisotopic (exact) mass is 417 g/mol. The fourth-order valence-electron chi connectivity index (χ4n) is 3.03. The summed E-state index contributed by atoms with van der Waals surface area (Å²) in [6, 6.07) is 17.8. The number of benzene rings is 2. The Balaban J connectivity index is 1.72. The van der Waals surface area contributed by atoms with E-state index in [1.165, 1.54) is 11.3 Å². The molecule has 0 radical (unpaired) electrons. The maximum Gasteiger partial charge on any atom is 0.137 e. The van der Waals surface area contributed by atoms with Crippen LogP contribution in [0.5, 0.6) is 5.75 Å². The largest absolute Gasteiger partial charge is 0.497 e. The van der Waals surface area contributed by atoms with E-state index in [1.807, 2.05) is 60.8 Å². The Bertz CT molecular complexity index is 1270. The van der Waals surface area contributed by atoms with Crippen molar-refractivity contribution in [3.63, 3.8) is 0 Å². The zero-order valence-corrected chi connectivity index (χ0v) is 17.4. The van der Waals surface area contributed by atoms with Crippen LogP contribution in [0.4, 0.5) is 0 Å². The molecule has 2 aromatic heterocycles. The molecule has 0 spiro atoms. The lowest BCUT2D eigenvalue weighted by Crippen LogP contribution is -1.89. The van der Waals surface area contributed by atoms with Gasteiger partial charge in [-0.2, -0.15) is 5.26 Å². The molecular weight excluding hydrogens is 402 g/mol. The average Bonchev–Trinajstić information content (AvgIpc) is 3.23. The van der Waals surface area contributed by atoms with Crippen molar-refractivity contribution >= 4 is 45.5 Å². The van der Waals surface area contributed by atoms with Crippen molar-refractivity contribution in [1.82, 2.24) is 9.97 Å². The average molecular weight is 418 g/mol. The van der Waals surface area contributed by atoms with Crippen LogP contribution in [0.25, 0.3) is 33.8 Å². The van der Waals surface area contributed by atoms with Crippen LogP contribution in [0.2, 0.25) is 5.15 Å². The predicted molar refractivity (Wildman–Crippen MR) is 119 cm³/mol. The summed E-state index contributed by atoms with van der Waals surface area (Å²) in [5.41, 5.74) is 4.85.